The second-order valence-electron chi connectivity index (χ2n) is 8.85. The van der Waals surface area contributed by atoms with Crippen LogP contribution in [0.5, 0.6) is 5.75 Å². The number of nitrogens with one attached hydrogen (secondary N) is 1. The lowest BCUT2D eigenvalue weighted by molar-refractivity contribution is 0.244. The van der Waals surface area contributed by atoms with E-state index in [0.29, 0.717) is 18.3 Å². The van der Waals surface area contributed by atoms with Crippen LogP contribution in [-0.4, -0.2) is 22.8 Å². The number of hydrogen-bond acceptors (Lipinski definition) is 5. The molecule has 1 aliphatic heterocycles. The number of ether oxygens (including phenoxy) is 1. The molecular formula is C29H28N4O3. The van der Waals surface area contributed by atoms with Crippen LogP contribution in [0, 0.1) is 13.8 Å². The summed E-state index contributed by atoms with van der Waals surface area (Å²) in [6, 6.07) is 22.8. The number of carbonyl (C=O) groups excluding carboxylic acids is 1. The highest BCUT2D eigenvalue weighted by molar-refractivity contribution is 6.01. The molecule has 0 spiro atoms. The van der Waals surface area contributed by atoms with Crippen molar-refractivity contribution in [3.8, 4) is 17.1 Å². The van der Waals surface area contributed by atoms with Crippen molar-refractivity contribution in [1.29, 1.82) is 0 Å². The van der Waals surface area contributed by atoms with E-state index >= 15 is 0 Å². The minimum Gasteiger partial charge on any atom is -0.494 e. The molecule has 0 radical (unpaired) electrons. The number of benzene rings is 3. The maximum Gasteiger partial charge on any atom is 0.326 e. The van der Waals surface area contributed by atoms with Crippen molar-refractivity contribution >= 4 is 17.3 Å². The number of allylic oxidation sites excluding steroid dienone is 1. The van der Waals surface area contributed by atoms with Crippen molar-refractivity contribution in [3.63, 3.8) is 0 Å². The van der Waals surface area contributed by atoms with E-state index in [1.807, 2.05) is 94.4 Å². The number of hydrogen-bond donors (Lipinski definition) is 1. The molecule has 7 heteroatoms. The van der Waals surface area contributed by atoms with Gasteiger partial charge < -0.3 is 14.6 Å². The molecule has 0 saturated heterocycles. The Morgan fingerprint density at radius 2 is 1.67 bits per heavy atom. The van der Waals surface area contributed by atoms with Crippen molar-refractivity contribution in [1.82, 2.24) is 15.5 Å². The molecule has 5 rings (SSSR count). The molecule has 0 aliphatic carbocycles. The first-order chi connectivity index (χ1) is 17.4. The van der Waals surface area contributed by atoms with Crippen molar-refractivity contribution in [2.75, 3.05) is 11.5 Å². The predicted molar refractivity (Wildman–Crippen MR) is 140 cm³/mol. The van der Waals surface area contributed by atoms with Crippen LogP contribution in [0.2, 0.25) is 0 Å². The fraction of sp³-hybridized carbons (Fsp3) is 0.207. The summed E-state index contributed by atoms with van der Waals surface area (Å²) in [4.78, 5) is 19.8. The molecule has 2 heterocycles. The molecule has 1 N–H and O–H groups in total. The predicted octanol–water partition coefficient (Wildman–Crippen LogP) is 6.45. The van der Waals surface area contributed by atoms with Gasteiger partial charge in [0.05, 0.1) is 23.9 Å². The highest BCUT2D eigenvalue weighted by Gasteiger charge is 2.36. The van der Waals surface area contributed by atoms with E-state index in [9.17, 15) is 4.79 Å². The third-order valence-electron chi connectivity index (χ3n) is 6.16. The van der Waals surface area contributed by atoms with Gasteiger partial charge in [0.25, 0.3) is 5.89 Å². The van der Waals surface area contributed by atoms with E-state index < -0.39 is 6.04 Å². The zero-order valence-corrected chi connectivity index (χ0v) is 20.8. The third kappa shape index (κ3) is 4.47. The largest absolute Gasteiger partial charge is 0.494 e. The highest BCUT2D eigenvalue weighted by Crippen LogP contribution is 2.39. The zero-order valence-electron chi connectivity index (χ0n) is 20.8. The van der Waals surface area contributed by atoms with Gasteiger partial charge in [-0.3, -0.25) is 4.90 Å². The monoisotopic (exact) mass is 480 g/mol. The number of anilines is 1. The van der Waals surface area contributed by atoms with E-state index in [0.717, 1.165) is 45.0 Å². The van der Waals surface area contributed by atoms with Crippen LogP contribution >= 0.6 is 0 Å². The van der Waals surface area contributed by atoms with E-state index in [1.165, 1.54) is 0 Å². The Hall–Kier alpha value is -4.39. The van der Waals surface area contributed by atoms with Gasteiger partial charge in [0.2, 0.25) is 5.82 Å². The molecule has 1 aliphatic rings. The maximum atomic E-state index is 13.4. The van der Waals surface area contributed by atoms with Crippen LogP contribution in [0.3, 0.4) is 0 Å². The highest BCUT2D eigenvalue weighted by atomic mass is 16.5. The first kappa shape index (κ1) is 23.4. The first-order valence-corrected chi connectivity index (χ1v) is 12.0. The van der Waals surface area contributed by atoms with Crippen LogP contribution in [-0.2, 0) is 0 Å². The van der Waals surface area contributed by atoms with Gasteiger partial charge in [-0.1, -0.05) is 41.6 Å². The average Bonchev–Trinajstić information content (AvgIpc) is 3.34. The van der Waals surface area contributed by atoms with Gasteiger partial charge >= 0.3 is 6.03 Å². The molecule has 2 amide bonds. The Morgan fingerprint density at radius 1 is 0.972 bits per heavy atom. The summed E-state index contributed by atoms with van der Waals surface area (Å²) < 4.78 is 11.3. The minimum atomic E-state index is -0.436. The van der Waals surface area contributed by atoms with Gasteiger partial charge in [0, 0.05) is 11.3 Å². The Labute approximate surface area is 210 Å². The van der Waals surface area contributed by atoms with Crippen LogP contribution in [0.25, 0.3) is 17.0 Å². The molecule has 1 unspecified atom stereocenters. The lowest BCUT2D eigenvalue weighted by Crippen LogP contribution is -2.46. The van der Waals surface area contributed by atoms with Gasteiger partial charge in [-0.25, -0.2) is 4.79 Å². The zero-order chi connectivity index (χ0) is 25.2. The van der Waals surface area contributed by atoms with Crippen molar-refractivity contribution in [2.24, 2.45) is 0 Å². The Kier molecular flexibility index (Phi) is 6.29. The average molecular weight is 481 g/mol. The molecule has 1 atom stereocenters. The first-order valence-electron chi connectivity index (χ1n) is 12.0. The molecule has 36 heavy (non-hydrogen) atoms. The lowest BCUT2D eigenvalue weighted by Gasteiger charge is -2.35. The summed E-state index contributed by atoms with van der Waals surface area (Å²) in [6.07, 6.45) is 0. The Bertz CT molecular complexity index is 1400. The van der Waals surface area contributed by atoms with Crippen molar-refractivity contribution < 1.29 is 14.1 Å². The molecule has 4 aromatic rings. The van der Waals surface area contributed by atoms with Crippen molar-refractivity contribution in [2.45, 2.75) is 33.7 Å². The summed E-state index contributed by atoms with van der Waals surface area (Å²) in [5, 5.41) is 7.41. The quantitative estimate of drug-likeness (QED) is 0.343. The molecule has 0 fully saturated rings. The number of carbonyl (C=O) groups is 1. The lowest BCUT2D eigenvalue weighted by atomic mass is 9.94. The topological polar surface area (TPSA) is 80.5 Å². The summed E-state index contributed by atoms with van der Waals surface area (Å²) >= 11 is 0. The number of rotatable bonds is 6. The van der Waals surface area contributed by atoms with Crippen LogP contribution in [0.4, 0.5) is 10.5 Å². The number of aryl methyl sites for hydroxylation is 2. The molecule has 0 saturated carbocycles. The second kappa shape index (κ2) is 9.70. The third-order valence-corrected chi connectivity index (χ3v) is 6.16. The number of urea groups is 1. The van der Waals surface area contributed by atoms with Gasteiger partial charge in [-0.05, 0) is 80.8 Å². The molecule has 7 nitrogen and oxygen atoms in total. The fourth-order valence-electron chi connectivity index (χ4n) is 4.62. The smallest absolute Gasteiger partial charge is 0.326 e. The normalized spacial score (nSPS) is 15.7. The molecular weight excluding hydrogens is 452 g/mol. The van der Waals surface area contributed by atoms with Gasteiger partial charge in [0.1, 0.15) is 5.75 Å². The molecule has 1 aromatic heterocycles. The van der Waals surface area contributed by atoms with Gasteiger partial charge in [-0.2, -0.15) is 4.98 Å². The number of amides is 2. The Morgan fingerprint density at radius 3 is 2.33 bits per heavy atom. The summed E-state index contributed by atoms with van der Waals surface area (Å²) in [6.45, 7) is 8.51. The summed E-state index contributed by atoms with van der Waals surface area (Å²) in [5.74, 6) is 1.61. The Balaban J connectivity index is 1.61. The van der Waals surface area contributed by atoms with Crippen LogP contribution in [0.1, 0.15) is 42.5 Å². The van der Waals surface area contributed by atoms with Gasteiger partial charge in [0.15, 0.2) is 0 Å². The molecule has 182 valence electrons. The van der Waals surface area contributed by atoms with Crippen LogP contribution < -0.4 is 15.0 Å². The summed E-state index contributed by atoms with van der Waals surface area (Å²) in [7, 11) is 0. The fourth-order valence-corrected chi connectivity index (χ4v) is 4.62. The minimum absolute atomic E-state index is 0.207. The van der Waals surface area contributed by atoms with E-state index in [4.69, 9.17) is 14.2 Å². The molecule has 3 aromatic carbocycles. The van der Waals surface area contributed by atoms with E-state index in [-0.39, 0.29) is 6.03 Å². The number of nitrogens with zero attached hydrogens (tertiary/aromatic N) is 3. The van der Waals surface area contributed by atoms with E-state index in [2.05, 4.69) is 16.5 Å². The molecule has 0 bridgehead atoms. The SMILES string of the molecule is CCOc1ccc(-c2noc(C3=C(C)N(c4cc(C)cc(C)c4)C(=O)NC3c3ccccc3)n2)cc1. The van der Waals surface area contributed by atoms with Gasteiger partial charge in [-0.15, -0.1) is 0 Å². The number of aromatic nitrogens is 2. The standard InChI is InChI=1S/C29H28N4O3/c1-5-35-24-13-11-22(12-14-24)27-31-28(36-32-27)25-20(4)33(23-16-18(2)15-19(3)17-23)29(34)30-26(25)21-9-7-6-8-10-21/h6-17,26H,5H2,1-4H3,(H,30,34). The van der Waals surface area contributed by atoms with Crippen molar-refractivity contribution in [3.05, 3.63) is 101 Å². The second-order valence-corrected chi connectivity index (χ2v) is 8.85. The maximum absolute atomic E-state index is 13.4. The van der Waals surface area contributed by atoms with E-state index in [1.54, 1.807) is 4.90 Å². The summed E-state index contributed by atoms with van der Waals surface area (Å²) in [5.41, 5.74) is 6.18. The van der Waals surface area contributed by atoms with Crippen LogP contribution in [0.15, 0.2) is 83.0 Å².